The molecule has 0 atom stereocenters. The Balaban J connectivity index is 1.97. The lowest BCUT2D eigenvalue weighted by molar-refractivity contribution is -0.117. The lowest BCUT2D eigenvalue weighted by atomic mass is 10.0. The fourth-order valence-corrected chi connectivity index (χ4v) is 3.28. The quantitative estimate of drug-likeness (QED) is 0.623. The van der Waals surface area contributed by atoms with Crippen molar-refractivity contribution in [3.05, 3.63) is 52.8 Å². The number of methoxy groups -OCH3 is 1. The molecule has 0 fully saturated rings. The lowest BCUT2D eigenvalue weighted by Crippen LogP contribution is -2.28. The number of carbonyl (C=O) groups is 1. The molecule has 1 amide bonds. The van der Waals surface area contributed by atoms with Gasteiger partial charge in [0.15, 0.2) is 5.82 Å². The summed E-state index contributed by atoms with van der Waals surface area (Å²) in [5.74, 6) is 1.27. The van der Waals surface area contributed by atoms with Crippen LogP contribution in [0.15, 0.2) is 47.8 Å². The molecule has 1 aliphatic rings. The van der Waals surface area contributed by atoms with Crippen LogP contribution in [0.25, 0.3) is 0 Å². The first-order valence-electron chi connectivity index (χ1n) is 9.03. The van der Waals surface area contributed by atoms with E-state index in [9.17, 15) is 4.79 Å². The monoisotopic (exact) mass is 414 g/mol. The van der Waals surface area contributed by atoms with Crippen LogP contribution in [0.5, 0.6) is 5.75 Å². The largest absolute Gasteiger partial charge is 0.495 e. The Hall–Kier alpha value is -3.26. The van der Waals surface area contributed by atoms with Crippen molar-refractivity contribution in [1.82, 2.24) is 15.3 Å². The molecule has 3 rings (SSSR count). The Labute approximate surface area is 174 Å². The van der Waals surface area contributed by atoms with Crippen molar-refractivity contribution < 1.29 is 9.53 Å². The third-order valence-electron chi connectivity index (χ3n) is 4.52. The van der Waals surface area contributed by atoms with Gasteiger partial charge in [0.1, 0.15) is 10.8 Å². The van der Waals surface area contributed by atoms with E-state index in [0.29, 0.717) is 45.9 Å². The number of nitrogens with two attached hydrogens (primary N) is 1. The van der Waals surface area contributed by atoms with E-state index in [0.717, 1.165) is 12.1 Å². The average molecular weight is 415 g/mol. The minimum Gasteiger partial charge on any atom is -0.495 e. The molecule has 29 heavy (non-hydrogen) atoms. The van der Waals surface area contributed by atoms with E-state index in [1.165, 1.54) is 6.20 Å². The van der Waals surface area contributed by atoms with Crippen molar-refractivity contribution in [2.75, 3.05) is 37.2 Å². The molecular formula is C20H23ClN6O2. The smallest absolute Gasteiger partial charge is 0.249 e. The molecule has 4 N–H and O–H groups in total. The van der Waals surface area contributed by atoms with Gasteiger partial charge in [-0.05, 0) is 37.1 Å². The van der Waals surface area contributed by atoms with Gasteiger partial charge in [0, 0.05) is 25.4 Å². The Morgan fingerprint density at radius 1 is 1.38 bits per heavy atom. The fraction of sp³-hybridized carbons (Fsp3) is 0.250. The molecule has 0 radical (unpaired) electrons. The molecule has 0 aliphatic heterocycles. The number of nitrogens with one attached hydrogen (secondary N) is 2. The van der Waals surface area contributed by atoms with E-state index in [2.05, 4.69) is 20.6 Å². The number of rotatable bonds is 6. The molecule has 1 aromatic heterocycles. The second-order valence-electron chi connectivity index (χ2n) is 6.39. The summed E-state index contributed by atoms with van der Waals surface area (Å²) in [6, 6.07) is 5.23. The van der Waals surface area contributed by atoms with Crippen molar-refractivity contribution in [2.45, 2.75) is 12.8 Å². The summed E-state index contributed by atoms with van der Waals surface area (Å²) < 4.78 is 5.35. The second-order valence-corrected chi connectivity index (χ2v) is 6.80. The average Bonchev–Trinajstić information content (AvgIpc) is 2.74. The summed E-state index contributed by atoms with van der Waals surface area (Å²) in [4.78, 5) is 22.8. The molecule has 0 saturated carbocycles. The Kier molecular flexibility index (Phi) is 6.23. The molecule has 0 unspecified atom stereocenters. The van der Waals surface area contributed by atoms with Crippen LogP contribution in [0, 0.1) is 0 Å². The second kappa shape index (κ2) is 8.83. The highest BCUT2D eigenvalue weighted by Gasteiger charge is 2.21. The molecule has 8 nitrogen and oxygen atoms in total. The topological polar surface area (TPSA) is 105 Å². The predicted molar refractivity (Wildman–Crippen MR) is 116 cm³/mol. The number of likely N-dealkylation sites (N-methyl/N-ethyl adjacent to an activating group) is 2. The van der Waals surface area contributed by atoms with Gasteiger partial charge in [-0.1, -0.05) is 17.7 Å². The predicted octanol–water partition coefficient (Wildman–Crippen LogP) is 3.25. The summed E-state index contributed by atoms with van der Waals surface area (Å²) in [6.45, 7) is 0. The number of halogens is 1. The number of nitrogens with zero attached hydrogens (tertiary/aromatic N) is 3. The van der Waals surface area contributed by atoms with Crippen molar-refractivity contribution in [1.29, 1.82) is 0 Å². The first-order valence-corrected chi connectivity index (χ1v) is 9.41. The first kappa shape index (κ1) is 20.5. The van der Waals surface area contributed by atoms with Crippen LogP contribution in [0.2, 0.25) is 5.02 Å². The maximum atomic E-state index is 12.3. The molecule has 9 heteroatoms. The minimum atomic E-state index is -0.121. The van der Waals surface area contributed by atoms with Gasteiger partial charge >= 0.3 is 0 Å². The molecule has 1 heterocycles. The van der Waals surface area contributed by atoms with E-state index in [-0.39, 0.29) is 5.91 Å². The number of benzene rings is 1. The van der Waals surface area contributed by atoms with Gasteiger partial charge in [-0.3, -0.25) is 4.79 Å². The van der Waals surface area contributed by atoms with E-state index < -0.39 is 0 Å². The van der Waals surface area contributed by atoms with Crippen LogP contribution in [0.4, 0.5) is 23.1 Å². The highest BCUT2D eigenvalue weighted by molar-refractivity contribution is 6.32. The molecule has 152 valence electrons. The highest BCUT2D eigenvalue weighted by Crippen LogP contribution is 2.32. The number of amides is 1. The van der Waals surface area contributed by atoms with Crippen molar-refractivity contribution >= 4 is 40.6 Å². The zero-order chi connectivity index (χ0) is 21.0. The summed E-state index contributed by atoms with van der Waals surface area (Å²) in [6.07, 6.45) is 6.88. The minimum absolute atomic E-state index is 0.121. The molecule has 0 spiro atoms. The third-order valence-corrected chi connectivity index (χ3v) is 4.79. The number of hydrogen-bond acceptors (Lipinski definition) is 7. The third kappa shape index (κ3) is 4.43. The van der Waals surface area contributed by atoms with Crippen LogP contribution in [0.3, 0.4) is 0 Å². The molecule has 0 saturated heterocycles. The van der Waals surface area contributed by atoms with Gasteiger partial charge in [0.2, 0.25) is 11.9 Å². The zero-order valence-electron chi connectivity index (χ0n) is 16.5. The number of aromatic nitrogens is 2. The SMILES string of the molecule is CNC(=O)C1=C(N(C)c2nc(Nc3cc(N)ccc3OC)ncc2Cl)C=CCC1. The van der Waals surface area contributed by atoms with Crippen LogP contribution in [0.1, 0.15) is 12.8 Å². The lowest BCUT2D eigenvalue weighted by Gasteiger charge is -2.25. The van der Waals surface area contributed by atoms with Crippen LogP contribution < -0.4 is 26.0 Å². The van der Waals surface area contributed by atoms with Gasteiger partial charge in [0.05, 0.1) is 24.7 Å². The Morgan fingerprint density at radius 3 is 2.90 bits per heavy atom. The number of allylic oxidation sites excluding steroid dienone is 2. The van der Waals surface area contributed by atoms with Crippen LogP contribution >= 0.6 is 11.6 Å². The highest BCUT2D eigenvalue weighted by atomic mass is 35.5. The van der Waals surface area contributed by atoms with E-state index >= 15 is 0 Å². The number of carbonyl (C=O) groups excluding carboxylic acids is 1. The molecule has 1 aliphatic carbocycles. The van der Waals surface area contributed by atoms with Crippen molar-refractivity contribution in [3.8, 4) is 5.75 Å². The van der Waals surface area contributed by atoms with Crippen molar-refractivity contribution in [3.63, 3.8) is 0 Å². The van der Waals surface area contributed by atoms with Crippen LogP contribution in [-0.4, -0.2) is 37.1 Å². The maximum Gasteiger partial charge on any atom is 0.249 e. The van der Waals surface area contributed by atoms with Crippen LogP contribution in [-0.2, 0) is 4.79 Å². The number of hydrogen-bond donors (Lipinski definition) is 3. The van der Waals surface area contributed by atoms with Gasteiger partial charge in [-0.15, -0.1) is 0 Å². The molecule has 2 aromatic rings. The maximum absolute atomic E-state index is 12.3. The molecule has 0 bridgehead atoms. The van der Waals surface area contributed by atoms with E-state index in [1.807, 2.05) is 19.2 Å². The number of anilines is 4. The van der Waals surface area contributed by atoms with E-state index in [4.69, 9.17) is 22.1 Å². The normalized spacial score (nSPS) is 13.2. The van der Waals surface area contributed by atoms with E-state index in [1.54, 1.807) is 37.3 Å². The van der Waals surface area contributed by atoms with Gasteiger partial charge in [-0.2, -0.15) is 4.98 Å². The number of ether oxygens (including phenoxy) is 1. The molecule has 1 aromatic carbocycles. The van der Waals surface area contributed by atoms with Gasteiger partial charge in [-0.25, -0.2) is 4.98 Å². The summed E-state index contributed by atoms with van der Waals surface area (Å²) in [7, 11) is 5.00. The Bertz CT molecular complexity index is 989. The standard InChI is InChI=1S/C20H23ClN6O2/c1-23-19(28)13-6-4-5-7-16(13)27(2)18-14(21)11-24-20(26-18)25-15-10-12(22)8-9-17(15)29-3/h5,7-11H,4,6,22H2,1-3H3,(H,23,28)(H,24,25,26). The van der Waals surface area contributed by atoms with Gasteiger partial charge < -0.3 is 26.0 Å². The number of nitrogen functional groups attached to an aromatic ring is 1. The summed E-state index contributed by atoms with van der Waals surface area (Å²) in [5.41, 5.74) is 8.50. The fourth-order valence-electron chi connectivity index (χ4n) is 3.06. The Morgan fingerprint density at radius 2 is 2.17 bits per heavy atom. The van der Waals surface area contributed by atoms with Crippen molar-refractivity contribution in [2.24, 2.45) is 0 Å². The van der Waals surface area contributed by atoms with Gasteiger partial charge in [0.25, 0.3) is 0 Å². The zero-order valence-corrected chi connectivity index (χ0v) is 17.2. The summed E-state index contributed by atoms with van der Waals surface area (Å²) >= 11 is 6.37. The summed E-state index contributed by atoms with van der Waals surface area (Å²) in [5, 5.41) is 6.16. The first-order chi connectivity index (χ1) is 13.9. The molecular weight excluding hydrogens is 392 g/mol.